The molecule has 0 fully saturated rings. The monoisotopic (exact) mass is 195 g/mol. The minimum atomic E-state index is -0.700. The van der Waals surface area contributed by atoms with Crippen molar-refractivity contribution in [3.63, 3.8) is 0 Å². The fraction of sp³-hybridized carbons (Fsp3) is 0.600. The molecule has 0 amide bonds. The Morgan fingerprint density at radius 2 is 2.14 bits per heavy atom. The van der Waals surface area contributed by atoms with Gasteiger partial charge in [0.25, 0.3) is 0 Å². The van der Waals surface area contributed by atoms with Gasteiger partial charge in [-0.2, -0.15) is 0 Å². The van der Waals surface area contributed by atoms with E-state index < -0.39 is 5.97 Å². The third-order valence-electron chi connectivity index (χ3n) is 2.06. The van der Waals surface area contributed by atoms with Gasteiger partial charge in [-0.1, -0.05) is 12.8 Å². The molecule has 0 aliphatic carbocycles. The van der Waals surface area contributed by atoms with Crippen LogP contribution in [0.4, 0.5) is 0 Å². The lowest BCUT2D eigenvalue weighted by Gasteiger charge is -2.01. The number of imidazole rings is 1. The molecular formula is C10H15N2O2. The van der Waals surface area contributed by atoms with Gasteiger partial charge in [0.2, 0.25) is 0 Å². The van der Waals surface area contributed by atoms with E-state index in [4.69, 9.17) is 5.11 Å². The molecule has 0 saturated carbocycles. The lowest BCUT2D eigenvalue weighted by atomic mass is 10.1. The highest BCUT2D eigenvalue weighted by Gasteiger charge is 1.96. The van der Waals surface area contributed by atoms with Crippen molar-refractivity contribution in [2.75, 3.05) is 0 Å². The summed E-state index contributed by atoms with van der Waals surface area (Å²) in [5, 5.41) is 8.40. The first-order chi connectivity index (χ1) is 6.79. The third kappa shape index (κ3) is 4.64. The third-order valence-corrected chi connectivity index (χ3v) is 2.06. The Kier molecular flexibility index (Phi) is 4.75. The Morgan fingerprint density at radius 3 is 2.79 bits per heavy atom. The summed E-state index contributed by atoms with van der Waals surface area (Å²) in [7, 11) is 0. The number of aromatic nitrogens is 2. The molecule has 1 radical (unpaired) electrons. The summed E-state index contributed by atoms with van der Waals surface area (Å²) in [5.74, 6) is -0.700. The molecule has 0 spiro atoms. The second kappa shape index (κ2) is 6.18. The Bertz CT molecular complexity index is 257. The van der Waals surface area contributed by atoms with E-state index >= 15 is 0 Å². The van der Waals surface area contributed by atoms with Crippen molar-refractivity contribution in [3.8, 4) is 0 Å². The van der Waals surface area contributed by atoms with Crippen LogP contribution in [-0.2, 0) is 11.3 Å². The van der Waals surface area contributed by atoms with Gasteiger partial charge in [0, 0.05) is 19.2 Å². The predicted octanol–water partition coefficient (Wildman–Crippen LogP) is 1.72. The second-order valence-corrected chi connectivity index (χ2v) is 3.30. The SMILES string of the molecule is O=C(O)CCCCCCn1c[c]nc1. The lowest BCUT2D eigenvalue weighted by Crippen LogP contribution is -1.96. The molecule has 0 aliphatic heterocycles. The van der Waals surface area contributed by atoms with Gasteiger partial charge in [0.15, 0.2) is 0 Å². The minimum Gasteiger partial charge on any atom is -0.481 e. The number of aliphatic carboxylic acids is 1. The Morgan fingerprint density at radius 1 is 1.36 bits per heavy atom. The van der Waals surface area contributed by atoms with Crippen LogP contribution in [-0.4, -0.2) is 20.6 Å². The zero-order valence-electron chi connectivity index (χ0n) is 8.15. The largest absolute Gasteiger partial charge is 0.481 e. The molecule has 1 aromatic rings. The molecule has 0 saturated heterocycles. The van der Waals surface area contributed by atoms with E-state index in [1.165, 1.54) is 0 Å². The highest BCUT2D eigenvalue weighted by molar-refractivity contribution is 5.66. The van der Waals surface area contributed by atoms with E-state index in [2.05, 4.69) is 11.2 Å². The van der Waals surface area contributed by atoms with E-state index in [0.717, 1.165) is 32.2 Å². The molecule has 0 unspecified atom stereocenters. The number of unbranched alkanes of at least 4 members (excludes halogenated alkanes) is 3. The average Bonchev–Trinajstić information content (AvgIpc) is 2.63. The standard InChI is InChI=1S/C10H15N2O2/c13-10(14)5-3-1-2-4-7-12-8-6-11-9-12/h8-9H,1-5,7H2,(H,13,14). The molecule has 0 aliphatic rings. The fourth-order valence-electron chi connectivity index (χ4n) is 1.29. The van der Waals surface area contributed by atoms with Gasteiger partial charge >= 0.3 is 5.97 Å². The van der Waals surface area contributed by atoms with Crippen LogP contribution in [0.25, 0.3) is 0 Å². The molecule has 1 rings (SSSR count). The van der Waals surface area contributed by atoms with Gasteiger partial charge in [-0.3, -0.25) is 4.79 Å². The van der Waals surface area contributed by atoms with Crippen LogP contribution in [0, 0.1) is 6.20 Å². The lowest BCUT2D eigenvalue weighted by molar-refractivity contribution is -0.137. The molecule has 4 heteroatoms. The number of hydrogen-bond acceptors (Lipinski definition) is 2. The van der Waals surface area contributed by atoms with Crippen LogP contribution in [0.5, 0.6) is 0 Å². The van der Waals surface area contributed by atoms with E-state index in [1.54, 1.807) is 6.33 Å². The van der Waals surface area contributed by atoms with Crippen LogP contribution in [0.15, 0.2) is 12.5 Å². The quantitative estimate of drug-likeness (QED) is 0.674. The topological polar surface area (TPSA) is 55.1 Å². The number of rotatable bonds is 7. The summed E-state index contributed by atoms with van der Waals surface area (Å²) in [4.78, 5) is 14.0. The maximum Gasteiger partial charge on any atom is 0.303 e. The molecule has 0 bridgehead atoms. The van der Waals surface area contributed by atoms with Crippen LogP contribution in [0.1, 0.15) is 32.1 Å². The number of carbonyl (C=O) groups is 1. The fourth-order valence-corrected chi connectivity index (χ4v) is 1.29. The van der Waals surface area contributed by atoms with Crippen molar-refractivity contribution in [1.82, 2.24) is 9.55 Å². The van der Waals surface area contributed by atoms with Crippen molar-refractivity contribution in [1.29, 1.82) is 0 Å². The highest BCUT2D eigenvalue weighted by atomic mass is 16.4. The number of aryl methyl sites for hydroxylation is 1. The van der Waals surface area contributed by atoms with Crippen LogP contribution >= 0.6 is 0 Å². The van der Waals surface area contributed by atoms with E-state index in [1.807, 2.05) is 10.8 Å². The smallest absolute Gasteiger partial charge is 0.303 e. The van der Waals surface area contributed by atoms with Crippen molar-refractivity contribution in [2.45, 2.75) is 38.6 Å². The molecular weight excluding hydrogens is 180 g/mol. The predicted molar refractivity (Wildman–Crippen MR) is 51.8 cm³/mol. The zero-order valence-corrected chi connectivity index (χ0v) is 8.15. The molecule has 1 aromatic heterocycles. The number of carboxylic acid groups (broad SMARTS) is 1. The van der Waals surface area contributed by atoms with Gasteiger partial charge < -0.3 is 9.67 Å². The van der Waals surface area contributed by atoms with Crippen molar-refractivity contribution in [2.24, 2.45) is 0 Å². The first-order valence-corrected chi connectivity index (χ1v) is 4.88. The maximum absolute atomic E-state index is 10.2. The maximum atomic E-state index is 10.2. The number of nitrogens with zero attached hydrogens (tertiary/aromatic N) is 2. The van der Waals surface area contributed by atoms with Gasteiger partial charge in [-0.15, -0.1) is 0 Å². The summed E-state index contributed by atoms with van der Waals surface area (Å²) >= 11 is 0. The Labute approximate surface area is 83.6 Å². The summed E-state index contributed by atoms with van der Waals surface area (Å²) in [6, 6.07) is 0. The highest BCUT2D eigenvalue weighted by Crippen LogP contribution is 2.04. The zero-order chi connectivity index (χ0) is 10.2. The van der Waals surface area contributed by atoms with Gasteiger partial charge in [-0.25, -0.2) is 4.98 Å². The molecule has 77 valence electrons. The molecule has 0 aromatic carbocycles. The Balaban J connectivity index is 1.92. The minimum absolute atomic E-state index is 0.291. The molecule has 1 N–H and O–H groups in total. The van der Waals surface area contributed by atoms with Crippen molar-refractivity contribution in [3.05, 3.63) is 18.7 Å². The normalized spacial score (nSPS) is 10.3. The second-order valence-electron chi connectivity index (χ2n) is 3.30. The van der Waals surface area contributed by atoms with Crippen LogP contribution < -0.4 is 0 Å². The Hall–Kier alpha value is -1.32. The summed E-state index contributed by atoms with van der Waals surface area (Å²) < 4.78 is 1.98. The van der Waals surface area contributed by atoms with Gasteiger partial charge in [0.05, 0.1) is 6.33 Å². The molecule has 0 atom stereocenters. The van der Waals surface area contributed by atoms with Gasteiger partial charge in [0.1, 0.15) is 6.20 Å². The van der Waals surface area contributed by atoms with E-state index in [0.29, 0.717) is 6.42 Å². The van der Waals surface area contributed by atoms with Crippen LogP contribution in [0.2, 0.25) is 0 Å². The van der Waals surface area contributed by atoms with E-state index in [-0.39, 0.29) is 0 Å². The first kappa shape index (κ1) is 10.8. The summed E-state index contributed by atoms with van der Waals surface area (Å²) in [5.41, 5.74) is 0. The average molecular weight is 195 g/mol. The molecule has 1 heterocycles. The van der Waals surface area contributed by atoms with E-state index in [9.17, 15) is 4.79 Å². The van der Waals surface area contributed by atoms with Gasteiger partial charge in [-0.05, 0) is 12.8 Å². The molecule has 14 heavy (non-hydrogen) atoms. The summed E-state index contributed by atoms with van der Waals surface area (Å²) in [6.45, 7) is 0.948. The van der Waals surface area contributed by atoms with Crippen LogP contribution in [0.3, 0.4) is 0 Å². The number of hydrogen-bond donors (Lipinski definition) is 1. The summed E-state index contributed by atoms with van der Waals surface area (Å²) in [6.07, 6.45) is 10.5. The number of carboxylic acids is 1. The van der Waals surface area contributed by atoms with Crippen molar-refractivity contribution < 1.29 is 9.90 Å². The first-order valence-electron chi connectivity index (χ1n) is 4.88. The van der Waals surface area contributed by atoms with Crippen molar-refractivity contribution >= 4 is 5.97 Å². The molecule has 4 nitrogen and oxygen atoms in total.